The molecule has 0 aromatic heterocycles. The van der Waals surface area contributed by atoms with E-state index in [0.29, 0.717) is 11.4 Å². The molecule has 3 amide bonds. The highest BCUT2D eigenvalue weighted by molar-refractivity contribution is 6.30. The first-order valence-electron chi connectivity index (χ1n) is 7.29. The van der Waals surface area contributed by atoms with Crippen molar-refractivity contribution in [3.63, 3.8) is 0 Å². The van der Waals surface area contributed by atoms with E-state index in [2.05, 4.69) is 16.0 Å². The summed E-state index contributed by atoms with van der Waals surface area (Å²) in [7, 11) is 0. The molecule has 2 rings (SSSR count). The van der Waals surface area contributed by atoms with Gasteiger partial charge >= 0.3 is 6.03 Å². The van der Waals surface area contributed by atoms with Crippen molar-refractivity contribution in [3.05, 3.63) is 58.9 Å². The number of carbonyl (C=O) groups excluding carboxylic acids is 2. The maximum atomic E-state index is 13.8. The van der Waals surface area contributed by atoms with Gasteiger partial charge in [-0.2, -0.15) is 0 Å². The first kappa shape index (κ1) is 17.7. The summed E-state index contributed by atoms with van der Waals surface area (Å²) in [6.07, 6.45) is 0. The van der Waals surface area contributed by atoms with Crippen molar-refractivity contribution in [1.29, 1.82) is 0 Å². The van der Waals surface area contributed by atoms with Crippen LogP contribution in [0.2, 0.25) is 5.02 Å². The summed E-state index contributed by atoms with van der Waals surface area (Å²) in [5.74, 6) is -1.31. The molecule has 2 aromatic carbocycles. The first-order valence-corrected chi connectivity index (χ1v) is 7.67. The highest BCUT2D eigenvalue weighted by Gasteiger charge is 2.12. The van der Waals surface area contributed by atoms with E-state index in [1.807, 2.05) is 13.8 Å². The molecule has 0 radical (unpaired) electrons. The zero-order valence-electron chi connectivity index (χ0n) is 13.2. The number of hydrogen-bond acceptors (Lipinski definition) is 2. The van der Waals surface area contributed by atoms with Gasteiger partial charge in [-0.15, -0.1) is 0 Å². The van der Waals surface area contributed by atoms with Crippen LogP contribution < -0.4 is 16.0 Å². The van der Waals surface area contributed by atoms with E-state index in [1.54, 1.807) is 24.3 Å². The number of carbonyl (C=O) groups is 2. The average molecular weight is 350 g/mol. The van der Waals surface area contributed by atoms with Crippen LogP contribution in [0.5, 0.6) is 0 Å². The number of urea groups is 1. The number of amides is 3. The average Bonchev–Trinajstić information content (AvgIpc) is 2.46. The molecule has 0 fully saturated rings. The summed E-state index contributed by atoms with van der Waals surface area (Å²) in [6.45, 7) is 3.69. The Morgan fingerprint density at radius 3 is 2.33 bits per heavy atom. The van der Waals surface area contributed by atoms with Crippen molar-refractivity contribution >= 4 is 34.9 Å². The molecular weight excluding hydrogens is 333 g/mol. The third-order valence-corrected chi connectivity index (χ3v) is 3.21. The van der Waals surface area contributed by atoms with Gasteiger partial charge in [-0.3, -0.25) is 4.79 Å². The lowest BCUT2D eigenvalue weighted by molar-refractivity contribution is 0.102. The molecule has 7 heteroatoms. The molecule has 0 bridgehead atoms. The van der Waals surface area contributed by atoms with Crippen LogP contribution in [0.1, 0.15) is 24.2 Å². The highest BCUT2D eigenvalue weighted by Crippen LogP contribution is 2.19. The Kier molecular flexibility index (Phi) is 5.76. The SMILES string of the molecule is CC(C)NC(=O)Nc1cccc(NC(=O)c2ccc(Cl)cc2F)c1. The number of hydrogen-bond donors (Lipinski definition) is 3. The van der Waals surface area contributed by atoms with Gasteiger partial charge in [-0.1, -0.05) is 17.7 Å². The van der Waals surface area contributed by atoms with Crippen molar-refractivity contribution in [2.75, 3.05) is 10.6 Å². The largest absolute Gasteiger partial charge is 0.336 e. The Hall–Kier alpha value is -2.60. The highest BCUT2D eigenvalue weighted by atomic mass is 35.5. The molecule has 24 heavy (non-hydrogen) atoms. The standard InChI is InChI=1S/C17H17ClFN3O2/c1-10(2)20-17(24)22-13-5-3-4-12(9-13)21-16(23)14-7-6-11(18)8-15(14)19/h3-10H,1-2H3,(H,21,23)(H2,20,22,24). The fraction of sp³-hybridized carbons (Fsp3) is 0.176. The molecule has 0 saturated carbocycles. The van der Waals surface area contributed by atoms with Crippen molar-refractivity contribution in [2.45, 2.75) is 19.9 Å². The Labute approximate surface area is 144 Å². The molecule has 5 nitrogen and oxygen atoms in total. The smallest absolute Gasteiger partial charge is 0.319 e. The van der Waals surface area contributed by atoms with Crippen LogP contribution in [0, 0.1) is 5.82 Å². The summed E-state index contributed by atoms with van der Waals surface area (Å²) in [5.41, 5.74) is 0.814. The number of halogens is 2. The van der Waals surface area contributed by atoms with Crippen molar-refractivity contribution in [3.8, 4) is 0 Å². The van der Waals surface area contributed by atoms with E-state index >= 15 is 0 Å². The number of anilines is 2. The van der Waals surface area contributed by atoms with Gasteiger partial charge in [-0.05, 0) is 50.2 Å². The van der Waals surface area contributed by atoms with E-state index in [4.69, 9.17) is 11.6 Å². The first-order chi connectivity index (χ1) is 11.3. The minimum Gasteiger partial charge on any atom is -0.336 e. The van der Waals surface area contributed by atoms with Gasteiger partial charge in [0.2, 0.25) is 0 Å². The maximum Gasteiger partial charge on any atom is 0.319 e. The van der Waals surface area contributed by atoms with Crippen LogP contribution in [-0.2, 0) is 0 Å². The Morgan fingerprint density at radius 1 is 1.04 bits per heavy atom. The third kappa shape index (κ3) is 4.96. The second-order valence-corrected chi connectivity index (χ2v) is 5.85. The molecule has 0 saturated heterocycles. The maximum absolute atomic E-state index is 13.8. The zero-order valence-corrected chi connectivity index (χ0v) is 13.9. The fourth-order valence-electron chi connectivity index (χ4n) is 1.98. The van der Waals surface area contributed by atoms with Gasteiger partial charge in [0.25, 0.3) is 5.91 Å². The molecule has 126 valence electrons. The van der Waals surface area contributed by atoms with E-state index in [1.165, 1.54) is 12.1 Å². The Bertz CT molecular complexity index is 765. The summed E-state index contributed by atoms with van der Waals surface area (Å²) in [6, 6.07) is 10.0. The fourth-order valence-corrected chi connectivity index (χ4v) is 2.13. The summed E-state index contributed by atoms with van der Waals surface area (Å²) < 4.78 is 13.8. The van der Waals surface area contributed by atoms with Gasteiger partial charge in [0.1, 0.15) is 5.82 Å². The molecule has 2 aromatic rings. The van der Waals surface area contributed by atoms with E-state index < -0.39 is 11.7 Å². The quantitative estimate of drug-likeness (QED) is 0.771. The molecule has 0 aliphatic carbocycles. The predicted molar refractivity (Wildman–Crippen MR) is 93.1 cm³/mol. The number of nitrogens with one attached hydrogen (secondary N) is 3. The zero-order chi connectivity index (χ0) is 17.7. The van der Waals surface area contributed by atoms with Crippen LogP contribution in [0.25, 0.3) is 0 Å². The summed E-state index contributed by atoms with van der Waals surface area (Å²) in [4.78, 5) is 23.8. The predicted octanol–water partition coefficient (Wildman–Crippen LogP) is 4.26. The van der Waals surface area contributed by atoms with Crippen molar-refractivity contribution in [2.24, 2.45) is 0 Å². The Balaban J connectivity index is 2.08. The lowest BCUT2D eigenvalue weighted by Gasteiger charge is -2.11. The molecule has 0 aliphatic rings. The molecule has 0 atom stereocenters. The molecule has 0 heterocycles. The van der Waals surface area contributed by atoms with Gasteiger partial charge in [0, 0.05) is 22.4 Å². The third-order valence-electron chi connectivity index (χ3n) is 2.97. The number of benzene rings is 2. The van der Waals surface area contributed by atoms with E-state index in [-0.39, 0.29) is 22.7 Å². The second kappa shape index (κ2) is 7.79. The lowest BCUT2D eigenvalue weighted by Crippen LogP contribution is -2.34. The monoisotopic (exact) mass is 349 g/mol. The van der Waals surface area contributed by atoms with Crippen molar-refractivity contribution in [1.82, 2.24) is 5.32 Å². The van der Waals surface area contributed by atoms with Crippen LogP contribution in [0.15, 0.2) is 42.5 Å². The summed E-state index contributed by atoms with van der Waals surface area (Å²) >= 11 is 5.67. The topological polar surface area (TPSA) is 70.2 Å². The molecule has 0 aliphatic heterocycles. The van der Waals surface area contributed by atoms with Gasteiger partial charge in [-0.25, -0.2) is 9.18 Å². The van der Waals surface area contributed by atoms with Crippen LogP contribution in [0.3, 0.4) is 0 Å². The van der Waals surface area contributed by atoms with Crippen LogP contribution in [0.4, 0.5) is 20.6 Å². The van der Waals surface area contributed by atoms with E-state index in [9.17, 15) is 14.0 Å². The van der Waals surface area contributed by atoms with E-state index in [0.717, 1.165) is 6.07 Å². The second-order valence-electron chi connectivity index (χ2n) is 5.41. The van der Waals surface area contributed by atoms with Crippen molar-refractivity contribution < 1.29 is 14.0 Å². The molecule has 0 spiro atoms. The summed E-state index contributed by atoms with van der Waals surface area (Å²) in [5, 5.41) is 8.14. The number of rotatable bonds is 4. The van der Waals surface area contributed by atoms with Gasteiger partial charge < -0.3 is 16.0 Å². The van der Waals surface area contributed by atoms with Crippen LogP contribution in [-0.4, -0.2) is 18.0 Å². The molecule has 0 unspecified atom stereocenters. The normalized spacial score (nSPS) is 10.4. The van der Waals surface area contributed by atoms with Crippen LogP contribution >= 0.6 is 11.6 Å². The van der Waals surface area contributed by atoms with Gasteiger partial charge in [0.15, 0.2) is 0 Å². The Morgan fingerprint density at radius 2 is 1.71 bits per heavy atom. The minimum atomic E-state index is -0.703. The lowest BCUT2D eigenvalue weighted by atomic mass is 10.2. The molecular formula is C17H17ClFN3O2. The minimum absolute atomic E-state index is 0.000709. The molecule has 3 N–H and O–H groups in total. The van der Waals surface area contributed by atoms with Gasteiger partial charge in [0.05, 0.1) is 5.56 Å².